The van der Waals surface area contributed by atoms with Crippen LogP contribution in [0, 0.1) is 5.82 Å². The molecule has 0 radical (unpaired) electrons. The molecule has 0 spiro atoms. The Labute approximate surface area is 112 Å². The van der Waals surface area contributed by atoms with Gasteiger partial charge < -0.3 is 10.6 Å². The van der Waals surface area contributed by atoms with Crippen molar-refractivity contribution in [3.63, 3.8) is 0 Å². The van der Waals surface area contributed by atoms with Crippen molar-refractivity contribution in [2.75, 3.05) is 18.5 Å². The number of rotatable bonds is 5. The Bertz CT molecular complexity index is 528. The van der Waals surface area contributed by atoms with Crippen LogP contribution in [0.5, 0.6) is 0 Å². The van der Waals surface area contributed by atoms with Crippen molar-refractivity contribution in [2.45, 2.75) is 13.0 Å². The topological polar surface area (TPSA) is 42.2 Å². The number of benzene rings is 1. The van der Waals surface area contributed by atoms with Crippen LogP contribution in [0.15, 0.2) is 42.7 Å². The Balaban J connectivity index is 2.13. The van der Waals surface area contributed by atoms with Gasteiger partial charge in [0.05, 0.1) is 5.69 Å². The molecule has 0 aliphatic rings. The maximum Gasteiger partial charge on any atom is 0.146 e. The molecular formula is C15H18FN3. The molecular weight excluding hydrogens is 241 g/mol. The smallest absolute Gasteiger partial charge is 0.146 e. The van der Waals surface area contributed by atoms with Crippen LogP contribution in [0.25, 0.3) is 0 Å². The number of aromatic nitrogens is 1. The molecule has 0 aliphatic carbocycles. The van der Waals surface area contributed by atoms with Crippen LogP contribution >= 0.6 is 0 Å². The predicted molar refractivity (Wildman–Crippen MR) is 75.5 cm³/mol. The van der Waals surface area contributed by atoms with Gasteiger partial charge in [0, 0.05) is 26.0 Å². The highest BCUT2D eigenvalue weighted by atomic mass is 19.1. The van der Waals surface area contributed by atoms with Crippen LogP contribution in [0.1, 0.15) is 11.1 Å². The van der Waals surface area contributed by atoms with Crippen LogP contribution in [-0.4, -0.2) is 18.6 Å². The van der Waals surface area contributed by atoms with Gasteiger partial charge in [0.1, 0.15) is 5.82 Å². The molecule has 0 aliphatic heterocycles. The number of pyridine rings is 1. The van der Waals surface area contributed by atoms with E-state index in [0.29, 0.717) is 25.2 Å². The fraction of sp³-hybridized carbons (Fsp3) is 0.267. The molecule has 0 saturated carbocycles. The zero-order valence-electron chi connectivity index (χ0n) is 11.0. The summed E-state index contributed by atoms with van der Waals surface area (Å²) in [6, 6.07) is 9.14. The van der Waals surface area contributed by atoms with Gasteiger partial charge >= 0.3 is 0 Å². The van der Waals surface area contributed by atoms with Crippen LogP contribution in [0.2, 0.25) is 0 Å². The van der Waals surface area contributed by atoms with Gasteiger partial charge in [0.15, 0.2) is 0 Å². The largest absolute Gasteiger partial charge is 0.368 e. The molecule has 0 atom stereocenters. The number of anilines is 1. The molecule has 1 heterocycles. The van der Waals surface area contributed by atoms with Crippen molar-refractivity contribution in [3.8, 4) is 0 Å². The second-order valence-corrected chi connectivity index (χ2v) is 4.54. The van der Waals surface area contributed by atoms with Gasteiger partial charge in [-0.15, -0.1) is 0 Å². The van der Waals surface area contributed by atoms with E-state index in [-0.39, 0.29) is 5.82 Å². The van der Waals surface area contributed by atoms with Crippen molar-refractivity contribution < 1.29 is 4.39 Å². The summed E-state index contributed by atoms with van der Waals surface area (Å²) in [5.41, 5.74) is 8.04. The molecule has 0 unspecified atom stereocenters. The predicted octanol–water partition coefficient (Wildman–Crippen LogP) is 2.36. The summed E-state index contributed by atoms with van der Waals surface area (Å²) in [6.45, 7) is 1.16. The van der Waals surface area contributed by atoms with Crippen LogP contribution in [-0.2, 0) is 13.0 Å². The molecule has 0 bridgehead atoms. The van der Waals surface area contributed by atoms with E-state index >= 15 is 0 Å². The molecule has 4 heteroatoms. The lowest BCUT2D eigenvalue weighted by Gasteiger charge is -2.20. The van der Waals surface area contributed by atoms with Gasteiger partial charge in [-0.3, -0.25) is 4.98 Å². The summed E-state index contributed by atoms with van der Waals surface area (Å²) < 4.78 is 14.0. The highest BCUT2D eigenvalue weighted by molar-refractivity contribution is 5.49. The maximum absolute atomic E-state index is 14.0. The first-order valence-corrected chi connectivity index (χ1v) is 6.29. The normalized spacial score (nSPS) is 10.5. The second-order valence-electron chi connectivity index (χ2n) is 4.54. The fourth-order valence-corrected chi connectivity index (χ4v) is 2.03. The van der Waals surface area contributed by atoms with E-state index in [9.17, 15) is 4.39 Å². The van der Waals surface area contributed by atoms with E-state index in [1.807, 2.05) is 30.1 Å². The summed E-state index contributed by atoms with van der Waals surface area (Å²) >= 11 is 0. The number of hydrogen-bond donors (Lipinski definition) is 1. The van der Waals surface area contributed by atoms with E-state index in [0.717, 1.165) is 11.1 Å². The summed E-state index contributed by atoms with van der Waals surface area (Å²) in [4.78, 5) is 5.93. The van der Waals surface area contributed by atoms with Gasteiger partial charge in [0.25, 0.3) is 0 Å². The lowest BCUT2D eigenvalue weighted by atomic mass is 10.1. The van der Waals surface area contributed by atoms with E-state index < -0.39 is 0 Å². The quantitative estimate of drug-likeness (QED) is 0.896. The lowest BCUT2D eigenvalue weighted by molar-refractivity contribution is 0.620. The number of nitrogens with zero attached hydrogens (tertiary/aromatic N) is 2. The third-order valence-corrected chi connectivity index (χ3v) is 3.00. The van der Waals surface area contributed by atoms with E-state index in [4.69, 9.17) is 5.73 Å². The van der Waals surface area contributed by atoms with Crippen LogP contribution in [0.4, 0.5) is 10.1 Å². The van der Waals surface area contributed by atoms with Gasteiger partial charge in [-0.25, -0.2) is 4.39 Å². The molecule has 19 heavy (non-hydrogen) atoms. The number of hydrogen-bond acceptors (Lipinski definition) is 3. The third kappa shape index (κ3) is 3.51. The summed E-state index contributed by atoms with van der Waals surface area (Å²) in [7, 11) is 1.87. The molecule has 1 aromatic carbocycles. The average molecular weight is 259 g/mol. The van der Waals surface area contributed by atoms with E-state index in [1.54, 1.807) is 24.5 Å². The minimum atomic E-state index is -0.211. The first-order valence-electron chi connectivity index (χ1n) is 6.29. The summed E-state index contributed by atoms with van der Waals surface area (Å²) in [5.74, 6) is -0.211. The van der Waals surface area contributed by atoms with Gasteiger partial charge in [-0.1, -0.05) is 12.1 Å². The Hall–Kier alpha value is -1.94. The van der Waals surface area contributed by atoms with Crippen LogP contribution < -0.4 is 10.6 Å². The first kappa shape index (κ1) is 13.5. The van der Waals surface area contributed by atoms with E-state index in [2.05, 4.69) is 4.98 Å². The molecule has 0 fully saturated rings. The zero-order valence-corrected chi connectivity index (χ0v) is 11.0. The molecule has 3 nitrogen and oxygen atoms in total. The number of nitrogens with two attached hydrogens (primary N) is 1. The Morgan fingerprint density at radius 1 is 1.26 bits per heavy atom. The third-order valence-electron chi connectivity index (χ3n) is 3.00. The van der Waals surface area contributed by atoms with Gasteiger partial charge in [0.2, 0.25) is 0 Å². The summed E-state index contributed by atoms with van der Waals surface area (Å²) in [5, 5.41) is 0. The monoisotopic (exact) mass is 259 g/mol. The van der Waals surface area contributed by atoms with Crippen LogP contribution in [0.3, 0.4) is 0 Å². The van der Waals surface area contributed by atoms with Crippen molar-refractivity contribution >= 4 is 5.69 Å². The second kappa shape index (κ2) is 6.29. The zero-order chi connectivity index (χ0) is 13.7. The molecule has 0 saturated heterocycles. The molecule has 2 N–H and O–H groups in total. The molecule has 0 amide bonds. The summed E-state index contributed by atoms with van der Waals surface area (Å²) in [6.07, 6.45) is 4.21. The average Bonchev–Trinajstić information content (AvgIpc) is 2.40. The van der Waals surface area contributed by atoms with Crippen molar-refractivity contribution in [1.29, 1.82) is 0 Å². The van der Waals surface area contributed by atoms with Crippen molar-refractivity contribution in [3.05, 3.63) is 59.7 Å². The minimum absolute atomic E-state index is 0.211. The molecule has 2 aromatic rings. The minimum Gasteiger partial charge on any atom is -0.368 e. The standard InChI is InChI=1S/C15H18FN3/c1-19(11-13-3-2-8-18-10-13)15-5-4-12(6-7-17)9-14(15)16/h2-5,8-10H,6-7,11,17H2,1H3. The molecule has 100 valence electrons. The van der Waals surface area contributed by atoms with E-state index in [1.165, 1.54) is 0 Å². The SMILES string of the molecule is CN(Cc1cccnc1)c1ccc(CCN)cc1F. The lowest BCUT2D eigenvalue weighted by Crippen LogP contribution is -2.18. The Morgan fingerprint density at radius 3 is 2.74 bits per heavy atom. The highest BCUT2D eigenvalue weighted by Gasteiger charge is 2.08. The van der Waals surface area contributed by atoms with Crippen molar-refractivity contribution in [1.82, 2.24) is 4.98 Å². The van der Waals surface area contributed by atoms with Gasteiger partial charge in [-0.2, -0.15) is 0 Å². The van der Waals surface area contributed by atoms with Crippen molar-refractivity contribution in [2.24, 2.45) is 5.73 Å². The van der Waals surface area contributed by atoms with Gasteiger partial charge in [-0.05, 0) is 42.3 Å². The first-order chi connectivity index (χ1) is 9.20. The molecule has 2 rings (SSSR count). The Morgan fingerprint density at radius 2 is 2.11 bits per heavy atom. The molecule has 1 aromatic heterocycles. The maximum atomic E-state index is 14.0. The highest BCUT2D eigenvalue weighted by Crippen LogP contribution is 2.21. The number of halogens is 1. The fourth-order valence-electron chi connectivity index (χ4n) is 2.03. The Kier molecular flexibility index (Phi) is 4.47.